The summed E-state index contributed by atoms with van der Waals surface area (Å²) in [5.41, 5.74) is 2.43. The predicted octanol–water partition coefficient (Wildman–Crippen LogP) is 3.49. The quantitative estimate of drug-likeness (QED) is 0.681. The maximum atomic E-state index is 12.7. The first-order chi connectivity index (χ1) is 13.4. The van der Waals surface area contributed by atoms with Crippen LogP contribution in [-0.2, 0) is 17.9 Å². The number of fused-ring (bicyclic) bond motifs is 1. The Morgan fingerprint density at radius 2 is 1.61 bits per heavy atom. The molecule has 1 amide bonds. The molecule has 0 aliphatic rings. The van der Waals surface area contributed by atoms with E-state index in [0.717, 1.165) is 22.3 Å². The van der Waals surface area contributed by atoms with Crippen molar-refractivity contribution in [2.45, 2.75) is 52.9 Å². The molecule has 2 aromatic carbocycles. The van der Waals surface area contributed by atoms with Crippen molar-refractivity contribution < 1.29 is 9.53 Å². The summed E-state index contributed by atoms with van der Waals surface area (Å²) in [6.45, 7) is 8.37. The summed E-state index contributed by atoms with van der Waals surface area (Å²) >= 11 is 0. The number of carbonyl (C=O) groups excluding carboxylic acids is 1. The number of rotatable bonds is 7. The van der Waals surface area contributed by atoms with Crippen LogP contribution in [0, 0.1) is 0 Å². The van der Waals surface area contributed by atoms with Gasteiger partial charge in [-0.3, -0.25) is 13.9 Å². The van der Waals surface area contributed by atoms with Crippen LogP contribution in [0.15, 0.2) is 53.3 Å². The van der Waals surface area contributed by atoms with Gasteiger partial charge in [0.1, 0.15) is 12.3 Å². The maximum Gasteiger partial charge on any atom is 0.329 e. The molecule has 1 unspecified atom stereocenters. The van der Waals surface area contributed by atoms with Crippen LogP contribution >= 0.6 is 0 Å². The zero-order chi connectivity index (χ0) is 20.3. The van der Waals surface area contributed by atoms with Gasteiger partial charge in [-0.2, -0.15) is 0 Å². The average molecular weight is 381 g/mol. The first kappa shape index (κ1) is 19.7. The monoisotopic (exact) mass is 381 g/mol. The van der Waals surface area contributed by atoms with Crippen LogP contribution in [0.4, 0.5) is 0 Å². The molecule has 0 saturated heterocycles. The summed E-state index contributed by atoms with van der Waals surface area (Å²) in [7, 11) is 0. The molecular formula is C22H27N3O3. The third-order valence-corrected chi connectivity index (χ3v) is 4.67. The highest BCUT2D eigenvalue weighted by molar-refractivity contribution is 5.81. The molecular weight excluding hydrogens is 354 g/mol. The first-order valence-electron chi connectivity index (χ1n) is 9.64. The normalized spacial score (nSPS) is 12.3. The summed E-state index contributed by atoms with van der Waals surface area (Å²) < 4.78 is 8.86. The van der Waals surface area contributed by atoms with Gasteiger partial charge in [-0.1, -0.05) is 24.3 Å². The first-order valence-corrected chi connectivity index (χ1v) is 9.64. The summed E-state index contributed by atoms with van der Waals surface area (Å²) in [5.74, 6) is 0.604. The van der Waals surface area contributed by atoms with Crippen LogP contribution in [0.5, 0.6) is 5.75 Å². The largest absolute Gasteiger partial charge is 0.491 e. The number of aryl methyl sites for hydroxylation is 1. The van der Waals surface area contributed by atoms with Gasteiger partial charge in [0.15, 0.2) is 0 Å². The van der Waals surface area contributed by atoms with E-state index < -0.39 is 0 Å². The highest BCUT2D eigenvalue weighted by Crippen LogP contribution is 2.19. The van der Waals surface area contributed by atoms with E-state index in [-0.39, 0.29) is 30.3 Å². The van der Waals surface area contributed by atoms with Crippen molar-refractivity contribution in [1.29, 1.82) is 0 Å². The molecule has 0 aliphatic carbocycles. The third kappa shape index (κ3) is 4.11. The Morgan fingerprint density at radius 1 is 1.00 bits per heavy atom. The van der Waals surface area contributed by atoms with Crippen molar-refractivity contribution in [3.05, 3.63) is 64.6 Å². The fraction of sp³-hybridized carbons (Fsp3) is 0.364. The second-order valence-electron chi connectivity index (χ2n) is 7.13. The molecule has 3 rings (SSSR count). The van der Waals surface area contributed by atoms with Gasteiger partial charge >= 0.3 is 5.69 Å². The van der Waals surface area contributed by atoms with E-state index in [0.29, 0.717) is 6.54 Å². The number of nitrogens with zero attached hydrogens (tertiary/aromatic N) is 2. The number of benzene rings is 2. The van der Waals surface area contributed by atoms with E-state index in [4.69, 9.17) is 4.74 Å². The average Bonchev–Trinajstić information content (AvgIpc) is 2.93. The van der Waals surface area contributed by atoms with E-state index in [1.165, 1.54) is 4.57 Å². The van der Waals surface area contributed by atoms with Gasteiger partial charge in [-0.15, -0.1) is 0 Å². The lowest BCUT2D eigenvalue weighted by Crippen LogP contribution is -2.34. The fourth-order valence-corrected chi connectivity index (χ4v) is 3.35. The molecule has 3 aromatic rings. The van der Waals surface area contributed by atoms with Gasteiger partial charge in [0.05, 0.1) is 23.2 Å². The molecule has 1 aromatic heterocycles. The number of nitrogens with one attached hydrogen (secondary N) is 1. The van der Waals surface area contributed by atoms with Gasteiger partial charge in [0, 0.05) is 6.54 Å². The molecule has 0 spiro atoms. The van der Waals surface area contributed by atoms with Gasteiger partial charge in [0.25, 0.3) is 0 Å². The van der Waals surface area contributed by atoms with E-state index in [2.05, 4.69) is 5.32 Å². The van der Waals surface area contributed by atoms with E-state index in [1.54, 1.807) is 4.57 Å². The van der Waals surface area contributed by atoms with Crippen LogP contribution in [0.25, 0.3) is 11.0 Å². The fourth-order valence-electron chi connectivity index (χ4n) is 3.35. The Balaban J connectivity index is 1.73. The van der Waals surface area contributed by atoms with Gasteiger partial charge in [-0.25, -0.2) is 4.79 Å². The number of hydrogen-bond acceptors (Lipinski definition) is 3. The number of imidazole rings is 1. The van der Waals surface area contributed by atoms with Crippen molar-refractivity contribution in [3.63, 3.8) is 0 Å². The summed E-state index contributed by atoms with van der Waals surface area (Å²) in [6, 6.07) is 15.1. The minimum absolute atomic E-state index is 0.00870. The molecule has 0 fully saturated rings. The molecule has 1 atom stereocenters. The van der Waals surface area contributed by atoms with Crippen molar-refractivity contribution in [2.24, 2.45) is 0 Å². The highest BCUT2D eigenvalue weighted by Gasteiger charge is 2.16. The molecule has 1 heterocycles. The number of hydrogen-bond donors (Lipinski definition) is 1. The third-order valence-electron chi connectivity index (χ3n) is 4.67. The minimum Gasteiger partial charge on any atom is -0.491 e. The van der Waals surface area contributed by atoms with Crippen LogP contribution in [0.3, 0.4) is 0 Å². The second-order valence-corrected chi connectivity index (χ2v) is 7.13. The summed E-state index contributed by atoms with van der Waals surface area (Å²) in [6.07, 6.45) is 0.117. The van der Waals surface area contributed by atoms with Crippen LogP contribution < -0.4 is 15.7 Å². The maximum absolute atomic E-state index is 12.7. The lowest BCUT2D eigenvalue weighted by Gasteiger charge is -2.16. The highest BCUT2D eigenvalue weighted by atomic mass is 16.5. The number of aromatic nitrogens is 2. The number of amides is 1. The van der Waals surface area contributed by atoms with Gasteiger partial charge in [0.2, 0.25) is 5.91 Å². The topological polar surface area (TPSA) is 65.3 Å². The SMILES string of the molecule is CCn1c(=O)n(CC(=O)NC(C)c2ccc(OC(C)C)cc2)c2ccccc21. The number of ether oxygens (including phenoxy) is 1. The Morgan fingerprint density at radius 3 is 2.18 bits per heavy atom. The van der Waals surface area contributed by atoms with Gasteiger partial charge < -0.3 is 10.1 Å². The van der Waals surface area contributed by atoms with Crippen LogP contribution in [0.1, 0.15) is 39.3 Å². The molecule has 148 valence electrons. The number of carbonyl (C=O) groups is 1. The smallest absolute Gasteiger partial charge is 0.329 e. The molecule has 6 nitrogen and oxygen atoms in total. The Labute approximate surface area is 164 Å². The van der Waals surface area contributed by atoms with Gasteiger partial charge in [-0.05, 0) is 57.5 Å². The lowest BCUT2D eigenvalue weighted by atomic mass is 10.1. The van der Waals surface area contributed by atoms with Crippen LogP contribution in [-0.4, -0.2) is 21.1 Å². The van der Waals surface area contributed by atoms with Crippen molar-refractivity contribution in [3.8, 4) is 5.75 Å². The standard InChI is InChI=1S/C22H27N3O3/c1-5-24-19-8-6-7-9-20(19)25(22(24)27)14-21(26)23-16(4)17-10-12-18(13-11-17)28-15(2)3/h6-13,15-16H,5,14H2,1-4H3,(H,23,26). The Hall–Kier alpha value is -3.02. The second kappa shape index (κ2) is 8.33. The van der Waals surface area contributed by atoms with Crippen LogP contribution in [0.2, 0.25) is 0 Å². The van der Waals surface area contributed by atoms with Crippen molar-refractivity contribution in [1.82, 2.24) is 14.5 Å². The molecule has 0 aliphatic heterocycles. The molecule has 0 bridgehead atoms. The van der Waals surface area contributed by atoms with Crippen molar-refractivity contribution in [2.75, 3.05) is 0 Å². The van der Waals surface area contributed by atoms with E-state index >= 15 is 0 Å². The molecule has 6 heteroatoms. The Kier molecular flexibility index (Phi) is 5.87. The molecule has 0 saturated carbocycles. The van der Waals surface area contributed by atoms with E-state index in [1.807, 2.05) is 76.2 Å². The molecule has 0 radical (unpaired) electrons. The lowest BCUT2D eigenvalue weighted by molar-refractivity contribution is -0.122. The summed E-state index contributed by atoms with van der Waals surface area (Å²) in [4.78, 5) is 25.3. The molecule has 1 N–H and O–H groups in total. The zero-order valence-electron chi connectivity index (χ0n) is 16.8. The predicted molar refractivity (Wildman–Crippen MR) is 111 cm³/mol. The minimum atomic E-state index is -0.198. The zero-order valence-corrected chi connectivity index (χ0v) is 16.8. The Bertz CT molecular complexity index is 1020. The van der Waals surface area contributed by atoms with Crippen molar-refractivity contribution >= 4 is 16.9 Å². The number of para-hydroxylation sites is 2. The van der Waals surface area contributed by atoms with E-state index in [9.17, 15) is 9.59 Å². The molecule has 28 heavy (non-hydrogen) atoms. The summed E-state index contributed by atoms with van der Waals surface area (Å²) in [5, 5.41) is 2.98.